The van der Waals surface area contributed by atoms with Crippen LogP contribution in [-0.2, 0) is 11.2 Å². The molecule has 1 aromatic carbocycles. The van der Waals surface area contributed by atoms with Crippen molar-refractivity contribution in [3.05, 3.63) is 52.2 Å². The standard InChI is InChI=1S/C27H39NO2S2/c1-19(2)25-26(30)28(24(32-25)12-6-9-22-10-8-18-31-22)21-15-13-20(14-16-21)23(29)11-7-17-27(3,4)5/h8,10,13-16,18-19,23-25,29H,6-7,9,11-12,17H2,1-5H3. The third-order valence-electron chi connectivity index (χ3n) is 6.09. The van der Waals surface area contributed by atoms with Crippen LogP contribution < -0.4 is 4.90 Å². The van der Waals surface area contributed by atoms with Gasteiger partial charge >= 0.3 is 0 Å². The van der Waals surface area contributed by atoms with Crippen LogP contribution in [-0.4, -0.2) is 21.6 Å². The lowest BCUT2D eigenvalue weighted by Crippen LogP contribution is -2.35. The Balaban J connectivity index is 1.65. The Kier molecular flexibility index (Phi) is 8.88. The molecule has 1 N–H and O–H groups in total. The van der Waals surface area contributed by atoms with Crippen LogP contribution in [0.15, 0.2) is 41.8 Å². The minimum absolute atomic E-state index is 0.0180. The van der Waals surface area contributed by atoms with E-state index in [0.717, 1.165) is 49.8 Å². The molecule has 5 heteroatoms. The van der Waals surface area contributed by atoms with Crippen LogP contribution in [0.5, 0.6) is 0 Å². The summed E-state index contributed by atoms with van der Waals surface area (Å²) >= 11 is 3.63. The lowest BCUT2D eigenvalue weighted by molar-refractivity contribution is -0.118. The number of carbonyl (C=O) groups is 1. The van der Waals surface area contributed by atoms with Crippen molar-refractivity contribution in [2.24, 2.45) is 11.3 Å². The first-order valence-corrected chi connectivity index (χ1v) is 13.8. The van der Waals surface area contributed by atoms with Crippen molar-refractivity contribution in [2.75, 3.05) is 4.90 Å². The zero-order valence-corrected chi connectivity index (χ0v) is 21.8. The van der Waals surface area contributed by atoms with Crippen LogP contribution >= 0.6 is 23.1 Å². The van der Waals surface area contributed by atoms with Crippen LogP contribution in [0.25, 0.3) is 0 Å². The fraction of sp³-hybridized carbons (Fsp3) is 0.593. The molecule has 3 unspecified atom stereocenters. The van der Waals surface area contributed by atoms with Gasteiger partial charge in [-0.05, 0) is 72.6 Å². The number of hydrogen-bond acceptors (Lipinski definition) is 4. The van der Waals surface area contributed by atoms with Crippen LogP contribution in [0.4, 0.5) is 5.69 Å². The molecule has 3 nitrogen and oxygen atoms in total. The lowest BCUT2D eigenvalue weighted by atomic mass is 9.88. The number of aliphatic hydroxyl groups is 1. The summed E-state index contributed by atoms with van der Waals surface area (Å²) in [5.74, 6) is 0.547. The highest BCUT2D eigenvalue weighted by Gasteiger charge is 2.42. The van der Waals surface area contributed by atoms with E-state index in [0.29, 0.717) is 11.3 Å². The van der Waals surface area contributed by atoms with Gasteiger partial charge in [0.25, 0.3) is 0 Å². The molecule has 1 saturated heterocycles. The normalized spacial score (nSPS) is 20.3. The number of benzene rings is 1. The number of carbonyl (C=O) groups excluding carboxylic acids is 1. The van der Waals surface area contributed by atoms with Crippen LogP contribution in [0.1, 0.15) is 83.3 Å². The Morgan fingerprint density at radius 1 is 1.09 bits per heavy atom. The van der Waals surface area contributed by atoms with Gasteiger partial charge in [0.15, 0.2) is 0 Å². The molecule has 0 aliphatic carbocycles. The van der Waals surface area contributed by atoms with E-state index in [2.05, 4.69) is 52.1 Å². The van der Waals surface area contributed by atoms with E-state index in [-0.39, 0.29) is 16.5 Å². The number of nitrogens with zero attached hydrogens (tertiary/aromatic N) is 1. The molecule has 1 fully saturated rings. The number of anilines is 1. The van der Waals surface area contributed by atoms with Crippen LogP contribution in [0, 0.1) is 11.3 Å². The third-order valence-corrected chi connectivity index (χ3v) is 8.83. The number of rotatable bonds is 10. The number of thiophene rings is 1. The molecular weight excluding hydrogens is 434 g/mol. The smallest absolute Gasteiger partial charge is 0.241 e. The minimum atomic E-state index is -0.444. The number of hydrogen-bond donors (Lipinski definition) is 1. The molecule has 2 heterocycles. The predicted octanol–water partition coefficient (Wildman–Crippen LogP) is 7.45. The molecule has 3 atom stereocenters. The summed E-state index contributed by atoms with van der Waals surface area (Å²) in [6.45, 7) is 11.0. The van der Waals surface area contributed by atoms with Crippen molar-refractivity contribution in [2.45, 2.75) is 89.9 Å². The van der Waals surface area contributed by atoms with Gasteiger partial charge in [-0.25, -0.2) is 0 Å². The quantitative estimate of drug-likeness (QED) is 0.389. The van der Waals surface area contributed by atoms with Gasteiger partial charge in [0.05, 0.1) is 16.7 Å². The summed E-state index contributed by atoms with van der Waals surface area (Å²) in [4.78, 5) is 16.7. The largest absolute Gasteiger partial charge is 0.388 e. The number of thioether (sulfide) groups is 1. The van der Waals surface area contributed by atoms with E-state index in [4.69, 9.17) is 0 Å². The van der Waals surface area contributed by atoms with Crippen molar-refractivity contribution in [1.29, 1.82) is 0 Å². The molecule has 1 amide bonds. The van der Waals surface area contributed by atoms with Crippen LogP contribution in [0.3, 0.4) is 0 Å². The van der Waals surface area contributed by atoms with Crippen molar-refractivity contribution in [3.8, 4) is 0 Å². The van der Waals surface area contributed by atoms with E-state index < -0.39 is 6.10 Å². The average molecular weight is 474 g/mol. The Morgan fingerprint density at radius 2 is 1.81 bits per heavy atom. The Morgan fingerprint density at radius 3 is 2.41 bits per heavy atom. The predicted molar refractivity (Wildman–Crippen MR) is 139 cm³/mol. The van der Waals surface area contributed by atoms with Crippen LogP contribution in [0.2, 0.25) is 0 Å². The monoisotopic (exact) mass is 473 g/mol. The molecule has 0 radical (unpaired) electrons. The van der Waals surface area contributed by atoms with E-state index >= 15 is 0 Å². The first-order valence-electron chi connectivity index (χ1n) is 11.9. The second-order valence-corrected chi connectivity index (χ2v) is 12.9. The topological polar surface area (TPSA) is 40.5 Å². The molecule has 3 rings (SSSR count). The lowest BCUT2D eigenvalue weighted by Gasteiger charge is -2.25. The van der Waals surface area contributed by atoms with Crippen molar-refractivity contribution in [1.82, 2.24) is 0 Å². The third kappa shape index (κ3) is 6.85. The summed E-state index contributed by atoms with van der Waals surface area (Å²) in [6, 6.07) is 12.3. The second-order valence-electron chi connectivity index (χ2n) is 10.5. The molecule has 2 aromatic rings. The van der Waals surface area contributed by atoms with Gasteiger partial charge in [-0.2, -0.15) is 0 Å². The summed E-state index contributed by atoms with van der Waals surface area (Å²) in [6.07, 6.45) is 5.59. The van der Waals surface area contributed by atoms with Gasteiger partial charge in [0.2, 0.25) is 5.91 Å². The SMILES string of the molecule is CC(C)C1SC(CCCc2cccs2)N(c2ccc(C(O)CCCC(C)(C)C)cc2)C1=O. The molecule has 32 heavy (non-hydrogen) atoms. The number of amides is 1. The Hall–Kier alpha value is -1.30. The second kappa shape index (κ2) is 11.2. The van der Waals surface area contributed by atoms with Crippen molar-refractivity contribution < 1.29 is 9.90 Å². The Bertz CT molecular complexity index is 840. The maximum Gasteiger partial charge on any atom is 0.241 e. The zero-order valence-electron chi connectivity index (χ0n) is 20.2. The van der Waals surface area contributed by atoms with Gasteiger partial charge < -0.3 is 5.11 Å². The fourth-order valence-corrected chi connectivity index (χ4v) is 6.54. The summed E-state index contributed by atoms with van der Waals surface area (Å²) < 4.78 is 0. The highest BCUT2D eigenvalue weighted by molar-refractivity contribution is 8.01. The molecule has 1 aromatic heterocycles. The molecule has 0 saturated carbocycles. The van der Waals surface area contributed by atoms with Gasteiger partial charge in [0, 0.05) is 10.6 Å². The van der Waals surface area contributed by atoms with Gasteiger partial charge in [0.1, 0.15) is 0 Å². The van der Waals surface area contributed by atoms with Gasteiger partial charge in [-0.1, -0.05) is 59.2 Å². The molecule has 1 aliphatic rings. The maximum atomic E-state index is 13.3. The molecule has 0 spiro atoms. The first-order chi connectivity index (χ1) is 15.2. The fourth-order valence-electron chi connectivity index (χ4n) is 4.26. The average Bonchev–Trinajstić information content (AvgIpc) is 3.35. The number of aryl methyl sites for hydroxylation is 1. The Labute approximate surface area is 202 Å². The summed E-state index contributed by atoms with van der Waals surface area (Å²) in [5, 5.41) is 12.9. The molecular formula is C27H39NO2S2. The van der Waals surface area contributed by atoms with E-state index in [1.807, 2.05) is 52.3 Å². The molecule has 176 valence electrons. The first kappa shape index (κ1) is 25.3. The van der Waals surface area contributed by atoms with E-state index in [1.165, 1.54) is 4.88 Å². The zero-order chi connectivity index (χ0) is 23.3. The highest BCUT2D eigenvalue weighted by Crippen LogP contribution is 2.41. The van der Waals surface area contributed by atoms with Gasteiger partial charge in [-0.15, -0.1) is 23.1 Å². The van der Waals surface area contributed by atoms with Crippen molar-refractivity contribution in [3.63, 3.8) is 0 Å². The maximum absolute atomic E-state index is 13.3. The number of aliphatic hydroxyl groups excluding tert-OH is 1. The van der Waals surface area contributed by atoms with Crippen molar-refractivity contribution >= 4 is 34.7 Å². The summed E-state index contributed by atoms with van der Waals surface area (Å²) in [7, 11) is 0. The highest BCUT2D eigenvalue weighted by atomic mass is 32.2. The van der Waals surface area contributed by atoms with Gasteiger partial charge in [-0.3, -0.25) is 9.69 Å². The minimum Gasteiger partial charge on any atom is -0.388 e. The van der Waals surface area contributed by atoms with E-state index in [1.54, 1.807) is 0 Å². The van der Waals surface area contributed by atoms with E-state index in [9.17, 15) is 9.90 Å². The molecule has 0 bridgehead atoms. The summed E-state index contributed by atoms with van der Waals surface area (Å²) in [5.41, 5.74) is 2.19. The molecule has 1 aliphatic heterocycles.